The van der Waals surface area contributed by atoms with E-state index in [1.807, 2.05) is 0 Å². The summed E-state index contributed by atoms with van der Waals surface area (Å²) in [6, 6.07) is 1.13. The van der Waals surface area contributed by atoms with Crippen molar-refractivity contribution in [2.24, 2.45) is 7.05 Å². The smallest absolute Gasteiger partial charge is 0.346 e. The van der Waals surface area contributed by atoms with E-state index in [1.165, 1.54) is 21.8 Å². The van der Waals surface area contributed by atoms with Crippen LogP contribution in [-0.4, -0.2) is 31.3 Å². The lowest BCUT2D eigenvalue weighted by Gasteiger charge is -2.03. The van der Waals surface area contributed by atoms with Gasteiger partial charge in [-0.3, -0.25) is 9.48 Å². The summed E-state index contributed by atoms with van der Waals surface area (Å²) in [5.74, 6) is -1.27. The summed E-state index contributed by atoms with van der Waals surface area (Å²) < 4.78 is 39.6. The second-order valence-corrected chi connectivity index (χ2v) is 3.70. The van der Waals surface area contributed by atoms with E-state index < -0.39 is 12.0 Å². The van der Waals surface area contributed by atoms with Gasteiger partial charge in [0.15, 0.2) is 0 Å². The molecule has 0 aliphatic heterocycles. The summed E-state index contributed by atoms with van der Waals surface area (Å²) in [6.07, 6.45) is -0.963. The first kappa shape index (κ1) is 12.3. The first-order chi connectivity index (χ1) is 8.38. The Morgan fingerprint density at radius 3 is 2.72 bits per heavy atom. The highest BCUT2D eigenvalue weighted by molar-refractivity contribution is 6.00. The van der Waals surface area contributed by atoms with E-state index in [2.05, 4.69) is 10.1 Å². The Morgan fingerprint density at radius 2 is 2.17 bits per heavy atom. The molecule has 0 amide bonds. The number of aromatic nitrogens is 4. The number of ketones is 1. The maximum Gasteiger partial charge on any atom is 0.454 e. The van der Waals surface area contributed by atoms with Gasteiger partial charge in [-0.05, 0) is 6.07 Å². The van der Waals surface area contributed by atoms with Crippen LogP contribution in [0.25, 0.3) is 0 Å². The van der Waals surface area contributed by atoms with E-state index in [4.69, 9.17) is 0 Å². The zero-order valence-electron chi connectivity index (χ0n) is 9.35. The largest absolute Gasteiger partial charge is 0.454 e. The molecular formula is C10H9F3N4O. The molecule has 0 N–H and O–H groups in total. The minimum absolute atomic E-state index is 0.252. The Labute approximate surface area is 99.9 Å². The Kier molecular flexibility index (Phi) is 2.93. The van der Waals surface area contributed by atoms with Crippen molar-refractivity contribution < 1.29 is 18.0 Å². The monoisotopic (exact) mass is 258 g/mol. The van der Waals surface area contributed by atoms with Crippen molar-refractivity contribution in [1.82, 2.24) is 19.3 Å². The lowest BCUT2D eigenvalue weighted by Crippen LogP contribution is -2.22. The molecule has 0 saturated heterocycles. The predicted molar refractivity (Wildman–Crippen MR) is 54.9 cm³/mol. The van der Waals surface area contributed by atoms with Crippen molar-refractivity contribution in [3.05, 3.63) is 36.2 Å². The van der Waals surface area contributed by atoms with Gasteiger partial charge in [0.05, 0.1) is 6.54 Å². The van der Waals surface area contributed by atoms with Crippen LogP contribution in [0.5, 0.6) is 0 Å². The Morgan fingerprint density at radius 1 is 1.44 bits per heavy atom. The normalized spacial score (nSPS) is 11.8. The highest BCUT2D eigenvalue weighted by Gasteiger charge is 2.39. The number of halogens is 3. The average molecular weight is 258 g/mol. The summed E-state index contributed by atoms with van der Waals surface area (Å²) in [5.41, 5.74) is -0.385. The second-order valence-electron chi connectivity index (χ2n) is 3.70. The van der Waals surface area contributed by atoms with Crippen LogP contribution >= 0.6 is 0 Å². The van der Waals surface area contributed by atoms with Gasteiger partial charge in [-0.1, -0.05) is 0 Å². The molecular weight excluding hydrogens is 249 g/mol. The predicted octanol–water partition coefficient (Wildman–Crippen LogP) is 1.41. The topological polar surface area (TPSA) is 52.7 Å². The number of alkyl halides is 3. The molecule has 2 aromatic heterocycles. The fourth-order valence-corrected chi connectivity index (χ4v) is 1.46. The van der Waals surface area contributed by atoms with Gasteiger partial charge in [0, 0.05) is 25.0 Å². The second kappa shape index (κ2) is 4.28. The molecule has 0 bridgehead atoms. The maximum absolute atomic E-state index is 12.2. The van der Waals surface area contributed by atoms with Gasteiger partial charge in [-0.15, -0.1) is 0 Å². The van der Waals surface area contributed by atoms with Crippen LogP contribution in [0.2, 0.25) is 0 Å². The van der Waals surface area contributed by atoms with Crippen LogP contribution in [0.1, 0.15) is 16.2 Å². The fourth-order valence-electron chi connectivity index (χ4n) is 1.46. The molecule has 0 aliphatic carbocycles. The van der Waals surface area contributed by atoms with E-state index in [0.717, 1.165) is 12.3 Å². The first-order valence-electron chi connectivity index (χ1n) is 4.98. The zero-order valence-corrected chi connectivity index (χ0v) is 9.35. The van der Waals surface area contributed by atoms with Crippen molar-refractivity contribution in [3.63, 3.8) is 0 Å². The number of rotatable bonds is 3. The molecule has 2 heterocycles. The number of carbonyl (C=O) groups excluding carboxylic acids is 1. The first-order valence-corrected chi connectivity index (χ1v) is 4.98. The van der Waals surface area contributed by atoms with E-state index in [1.54, 1.807) is 7.05 Å². The molecule has 2 aromatic rings. The number of hydrogen-bond donors (Lipinski definition) is 0. The summed E-state index contributed by atoms with van der Waals surface area (Å²) in [4.78, 5) is 14.9. The molecule has 0 aliphatic rings. The van der Waals surface area contributed by atoms with Crippen molar-refractivity contribution in [3.8, 4) is 0 Å². The third kappa shape index (κ3) is 2.41. The molecule has 0 atom stereocenters. The molecule has 0 saturated carbocycles. The summed E-state index contributed by atoms with van der Waals surface area (Å²) in [5, 5.41) is 3.84. The quantitative estimate of drug-likeness (QED) is 0.782. The van der Waals surface area contributed by atoms with Gasteiger partial charge in [0.1, 0.15) is 12.2 Å². The standard InChI is InChI=1S/C10H9F3N4O/c1-16-8(14-6-15-16)5-17-3-2-7(4-17)9(18)10(11,12)13/h2-4,6H,5H2,1H3. The molecule has 96 valence electrons. The van der Waals surface area contributed by atoms with Gasteiger partial charge >= 0.3 is 6.18 Å². The zero-order chi connectivity index (χ0) is 13.3. The number of aryl methyl sites for hydroxylation is 1. The molecule has 0 unspecified atom stereocenters. The van der Waals surface area contributed by atoms with Gasteiger partial charge in [-0.2, -0.15) is 18.3 Å². The maximum atomic E-state index is 12.2. The van der Waals surface area contributed by atoms with Crippen LogP contribution in [0.15, 0.2) is 24.8 Å². The van der Waals surface area contributed by atoms with Gasteiger partial charge in [0.2, 0.25) is 0 Å². The van der Waals surface area contributed by atoms with Crippen molar-refractivity contribution in [1.29, 1.82) is 0 Å². The van der Waals surface area contributed by atoms with Crippen LogP contribution < -0.4 is 0 Å². The molecule has 2 rings (SSSR count). The number of Topliss-reactive ketones (excluding diaryl/α,β-unsaturated/α-hetero) is 1. The van der Waals surface area contributed by atoms with Crippen LogP contribution in [0.3, 0.4) is 0 Å². The fraction of sp³-hybridized carbons (Fsp3) is 0.300. The van der Waals surface area contributed by atoms with Crippen molar-refractivity contribution in [2.75, 3.05) is 0 Å². The molecule has 0 aromatic carbocycles. The molecule has 0 spiro atoms. The number of carbonyl (C=O) groups is 1. The van der Waals surface area contributed by atoms with Gasteiger partial charge < -0.3 is 4.57 Å². The van der Waals surface area contributed by atoms with E-state index in [0.29, 0.717) is 5.82 Å². The highest BCUT2D eigenvalue weighted by atomic mass is 19.4. The minimum atomic E-state index is -4.85. The minimum Gasteiger partial charge on any atom is -0.346 e. The van der Waals surface area contributed by atoms with Crippen LogP contribution in [0.4, 0.5) is 13.2 Å². The number of nitrogens with zero attached hydrogens (tertiary/aromatic N) is 4. The molecule has 0 fully saturated rings. The molecule has 0 radical (unpaired) electrons. The summed E-state index contributed by atoms with van der Waals surface area (Å²) in [7, 11) is 1.67. The summed E-state index contributed by atoms with van der Waals surface area (Å²) in [6.45, 7) is 0.252. The van der Waals surface area contributed by atoms with E-state index >= 15 is 0 Å². The molecule has 8 heteroatoms. The van der Waals surface area contributed by atoms with Gasteiger partial charge in [0.25, 0.3) is 5.78 Å². The lowest BCUT2D eigenvalue weighted by atomic mass is 10.2. The van der Waals surface area contributed by atoms with E-state index in [9.17, 15) is 18.0 Å². The average Bonchev–Trinajstić information content (AvgIpc) is 2.87. The number of hydrogen-bond acceptors (Lipinski definition) is 3. The highest BCUT2D eigenvalue weighted by Crippen LogP contribution is 2.21. The SMILES string of the molecule is Cn1ncnc1Cn1ccc(C(=O)C(F)(F)F)c1. The summed E-state index contributed by atoms with van der Waals surface area (Å²) >= 11 is 0. The lowest BCUT2D eigenvalue weighted by molar-refractivity contribution is -0.0885. The Hall–Kier alpha value is -2.12. The van der Waals surface area contributed by atoms with Crippen molar-refractivity contribution in [2.45, 2.75) is 12.7 Å². The third-order valence-corrected chi connectivity index (χ3v) is 2.40. The van der Waals surface area contributed by atoms with Crippen LogP contribution in [-0.2, 0) is 13.6 Å². The van der Waals surface area contributed by atoms with Gasteiger partial charge in [-0.25, -0.2) is 4.98 Å². The Balaban J connectivity index is 2.17. The third-order valence-electron chi connectivity index (χ3n) is 2.40. The van der Waals surface area contributed by atoms with E-state index in [-0.39, 0.29) is 12.1 Å². The van der Waals surface area contributed by atoms with Crippen LogP contribution in [0, 0.1) is 0 Å². The Bertz CT molecular complexity index is 570. The van der Waals surface area contributed by atoms with Crippen molar-refractivity contribution >= 4 is 5.78 Å². The molecule has 18 heavy (non-hydrogen) atoms. The molecule has 5 nitrogen and oxygen atoms in total.